The van der Waals surface area contributed by atoms with Gasteiger partial charge in [-0.05, 0) is 31.2 Å². The molecule has 138 valence electrons. The van der Waals surface area contributed by atoms with Crippen molar-refractivity contribution in [3.05, 3.63) is 47.6 Å². The summed E-state index contributed by atoms with van der Waals surface area (Å²) in [5, 5.41) is 14.9. The number of benzene rings is 1. The van der Waals surface area contributed by atoms with Gasteiger partial charge in [0.15, 0.2) is 5.82 Å². The van der Waals surface area contributed by atoms with Gasteiger partial charge < -0.3 is 19.3 Å². The first-order valence-corrected chi connectivity index (χ1v) is 9.12. The Kier molecular flexibility index (Phi) is 4.63. The lowest BCUT2D eigenvalue weighted by atomic mass is 9.90. The summed E-state index contributed by atoms with van der Waals surface area (Å²) in [6.07, 6.45) is 3.36. The fourth-order valence-electron chi connectivity index (χ4n) is 3.35. The molecule has 1 amide bonds. The van der Waals surface area contributed by atoms with Crippen LogP contribution in [0.25, 0.3) is 0 Å². The van der Waals surface area contributed by atoms with Gasteiger partial charge in [-0.25, -0.2) is 4.79 Å². The van der Waals surface area contributed by atoms with E-state index < -0.39 is 11.7 Å². The highest BCUT2D eigenvalue weighted by Gasteiger charge is 2.38. The number of nitrogens with zero attached hydrogens (tertiary/aromatic N) is 3. The monoisotopic (exact) mass is 357 g/mol. The van der Waals surface area contributed by atoms with Crippen molar-refractivity contribution in [1.29, 1.82) is 0 Å². The second-order valence-corrected chi connectivity index (χ2v) is 7.29. The van der Waals surface area contributed by atoms with E-state index in [0.29, 0.717) is 31.2 Å². The summed E-state index contributed by atoms with van der Waals surface area (Å²) in [4.78, 5) is 18.3. The predicted molar refractivity (Wildman–Crippen MR) is 92.4 cm³/mol. The number of piperidine rings is 1. The zero-order valence-electron chi connectivity index (χ0n) is 14.6. The number of amides is 1. The Balaban J connectivity index is 1.33. The number of carbonyl (C=O) groups excluding carboxylic acids is 1. The molecule has 0 bridgehead atoms. The molecule has 1 aromatic carbocycles. The molecule has 1 unspecified atom stereocenters. The van der Waals surface area contributed by atoms with E-state index in [4.69, 9.17) is 9.26 Å². The summed E-state index contributed by atoms with van der Waals surface area (Å²) in [6, 6.07) is 9.55. The fourth-order valence-corrected chi connectivity index (χ4v) is 3.35. The van der Waals surface area contributed by atoms with Crippen molar-refractivity contribution in [3.63, 3.8) is 0 Å². The van der Waals surface area contributed by atoms with Gasteiger partial charge in [0.05, 0.1) is 18.6 Å². The SMILES string of the molecule is O=C(OCc1ccccc1)N1CCCC(O)(Cc2nc(C3CC3)no2)C1. The van der Waals surface area contributed by atoms with E-state index in [2.05, 4.69) is 10.1 Å². The molecule has 0 radical (unpaired) electrons. The maximum absolute atomic E-state index is 12.4. The van der Waals surface area contributed by atoms with Crippen LogP contribution in [0.5, 0.6) is 0 Å². The lowest BCUT2D eigenvalue weighted by Gasteiger charge is -2.37. The van der Waals surface area contributed by atoms with Crippen LogP contribution in [0.4, 0.5) is 4.79 Å². The predicted octanol–water partition coefficient (Wildman–Crippen LogP) is 2.65. The van der Waals surface area contributed by atoms with Gasteiger partial charge in [-0.2, -0.15) is 4.98 Å². The van der Waals surface area contributed by atoms with E-state index in [1.165, 1.54) is 0 Å². The zero-order chi connectivity index (χ0) is 18.0. The molecule has 7 heteroatoms. The Morgan fingerprint density at radius 1 is 1.35 bits per heavy atom. The molecule has 0 spiro atoms. The largest absolute Gasteiger partial charge is 0.445 e. The average molecular weight is 357 g/mol. The number of hydrogen-bond donors (Lipinski definition) is 1. The molecule has 1 aliphatic carbocycles. The van der Waals surface area contributed by atoms with Crippen LogP contribution < -0.4 is 0 Å². The second kappa shape index (κ2) is 7.07. The summed E-state index contributed by atoms with van der Waals surface area (Å²) in [7, 11) is 0. The first kappa shape index (κ1) is 17.0. The highest BCUT2D eigenvalue weighted by atomic mass is 16.6. The number of aliphatic hydroxyl groups is 1. The highest BCUT2D eigenvalue weighted by molar-refractivity contribution is 5.68. The molecular weight excluding hydrogens is 334 g/mol. The molecule has 1 aromatic heterocycles. The second-order valence-electron chi connectivity index (χ2n) is 7.29. The van der Waals surface area contributed by atoms with Crippen molar-refractivity contribution in [1.82, 2.24) is 15.0 Å². The Bertz CT molecular complexity index is 759. The van der Waals surface area contributed by atoms with E-state index in [-0.39, 0.29) is 19.6 Å². The molecule has 26 heavy (non-hydrogen) atoms. The van der Waals surface area contributed by atoms with Crippen molar-refractivity contribution < 1.29 is 19.2 Å². The van der Waals surface area contributed by atoms with Crippen molar-refractivity contribution in [3.8, 4) is 0 Å². The lowest BCUT2D eigenvalue weighted by molar-refractivity contribution is -0.0343. The molecule has 7 nitrogen and oxygen atoms in total. The van der Waals surface area contributed by atoms with Crippen molar-refractivity contribution in [2.24, 2.45) is 0 Å². The standard InChI is InChI=1S/C19H23N3O4/c23-18(25-12-14-5-2-1-3-6-14)22-10-4-9-19(24,13-22)11-16-20-17(21-26-16)15-7-8-15/h1-3,5-6,15,24H,4,7-13H2. The van der Waals surface area contributed by atoms with Crippen LogP contribution in [0.1, 0.15) is 48.9 Å². The van der Waals surface area contributed by atoms with Crippen molar-refractivity contribution >= 4 is 6.09 Å². The van der Waals surface area contributed by atoms with E-state index >= 15 is 0 Å². The van der Waals surface area contributed by atoms with Gasteiger partial charge in [0.25, 0.3) is 0 Å². The normalized spacial score (nSPS) is 23.0. The van der Waals surface area contributed by atoms with Crippen LogP contribution in [0.15, 0.2) is 34.9 Å². The van der Waals surface area contributed by atoms with Crippen LogP contribution >= 0.6 is 0 Å². The molecule has 1 aliphatic heterocycles. The third-order valence-electron chi connectivity index (χ3n) is 4.93. The number of likely N-dealkylation sites (tertiary alicyclic amines) is 1. The molecule has 2 heterocycles. The van der Waals surface area contributed by atoms with Crippen molar-refractivity contribution in [2.45, 2.75) is 50.2 Å². The van der Waals surface area contributed by atoms with E-state index in [0.717, 1.165) is 24.2 Å². The molecule has 1 saturated carbocycles. The molecule has 1 N–H and O–H groups in total. The van der Waals surface area contributed by atoms with Crippen LogP contribution in [-0.4, -0.2) is 44.9 Å². The zero-order valence-corrected chi connectivity index (χ0v) is 14.6. The molecule has 1 saturated heterocycles. The lowest BCUT2D eigenvalue weighted by Crippen LogP contribution is -2.51. The van der Waals surface area contributed by atoms with Crippen LogP contribution in [0.2, 0.25) is 0 Å². The number of hydrogen-bond acceptors (Lipinski definition) is 6. The third kappa shape index (κ3) is 4.04. The smallest absolute Gasteiger partial charge is 0.410 e. The minimum absolute atomic E-state index is 0.210. The topological polar surface area (TPSA) is 88.7 Å². The Labute approximate surface area is 152 Å². The number of rotatable bonds is 5. The molecule has 2 aromatic rings. The molecular formula is C19H23N3O4. The minimum Gasteiger partial charge on any atom is -0.445 e. The highest BCUT2D eigenvalue weighted by Crippen LogP contribution is 2.38. The van der Waals surface area contributed by atoms with Gasteiger partial charge in [-0.3, -0.25) is 0 Å². The van der Waals surface area contributed by atoms with Gasteiger partial charge in [0, 0.05) is 12.5 Å². The molecule has 1 atom stereocenters. The molecule has 4 rings (SSSR count). The average Bonchev–Trinajstić information content (AvgIpc) is 3.40. The molecule has 2 fully saturated rings. The first-order valence-electron chi connectivity index (χ1n) is 9.12. The number of ether oxygens (including phenoxy) is 1. The fraction of sp³-hybridized carbons (Fsp3) is 0.526. The van der Waals surface area contributed by atoms with Gasteiger partial charge in [0.2, 0.25) is 5.89 Å². The minimum atomic E-state index is -1.06. The maximum Gasteiger partial charge on any atom is 0.410 e. The third-order valence-corrected chi connectivity index (χ3v) is 4.93. The van der Waals surface area contributed by atoms with Gasteiger partial charge in [-0.15, -0.1) is 0 Å². The summed E-state index contributed by atoms with van der Waals surface area (Å²) in [5.74, 6) is 1.59. The van der Waals surface area contributed by atoms with Crippen LogP contribution in [0, 0.1) is 0 Å². The van der Waals surface area contributed by atoms with Gasteiger partial charge in [-0.1, -0.05) is 35.5 Å². The first-order chi connectivity index (χ1) is 12.6. The number of carbonyl (C=O) groups is 1. The van der Waals surface area contributed by atoms with Gasteiger partial charge >= 0.3 is 6.09 Å². The van der Waals surface area contributed by atoms with E-state index in [1.54, 1.807) is 4.90 Å². The number of aromatic nitrogens is 2. The van der Waals surface area contributed by atoms with E-state index in [9.17, 15) is 9.90 Å². The maximum atomic E-state index is 12.4. The Hall–Kier alpha value is -2.41. The summed E-state index contributed by atoms with van der Waals surface area (Å²) < 4.78 is 10.7. The van der Waals surface area contributed by atoms with Crippen LogP contribution in [-0.2, 0) is 17.8 Å². The summed E-state index contributed by atoms with van der Waals surface area (Å²) in [6.45, 7) is 1.01. The van der Waals surface area contributed by atoms with Crippen LogP contribution in [0.3, 0.4) is 0 Å². The Morgan fingerprint density at radius 2 is 2.15 bits per heavy atom. The Morgan fingerprint density at radius 3 is 2.92 bits per heavy atom. The van der Waals surface area contributed by atoms with Gasteiger partial charge in [0.1, 0.15) is 6.61 Å². The molecule has 2 aliphatic rings. The number of β-amino-alcohol motifs (C(OH)–C–C–N with tert-alkyl or cyclic N) is 1. The van der Waals surface area contributed by atoms with Crippen molar-refractivity contribution in [2.75, 3.05) is 13.1 Å². The summed E-state index contributed by atoms with van der Waals surface area (Å²) >= 11 is 0. The van der Waals surface area contributed by atoms with E-state index in [1.807, 2.05) is 30.3 Å². The quantitative estimate of drug-likeness (QED) is 0.885. The summed E-state index contributed by atoms with van der Waals surface area (Å²) in [5.41, 5.74) is -0.122.